The van der Waals surface area contributed by atoms with Gasteiger partial charge < -0.3 is 30.1 Å². The molecular formula is C21H18Cl2N10O3. The van der Waals surface area contributed by atoms with Crippen LogP contribution >= 0.6 is 23.2 Å². The average Bonchev–Trinajstić information content (AvgIpc) is 3.59. The van der Waals surface area contributed by atoms with Gasteiger partial charge in [0.05, 0.1) is 24.7 Å². The van der Waals surface area contributed by atoms with Crippen molar-refractivity contribution in [2.24, 2.45) is 0 Å². The van der Waals surface area contributed by atoms with Crippen LogP contribution in [0.25, 0.3) is 22.3 Å². The molecule has 2 aliphatic rings. The highest BCUT2D eigenvalue weighted by molar-refractivity contribution is 6.34. The van der Waals surface area contributed by atoms with Crippen LogP contribution in [0.15, 0.2) is 37.0 Å². The highest BCUT2D eigenvalue weighted by atomic mass is 35.5. The zero-order valence-corrected chi connectivity index (χ0v) is 19.9. The van der Waals surface area contributed by atoms with Crippen LogP contribution in [0.4, 0.5) is 16.7 Å². The van der Waals surface area contributed by atoms with E-state index in [0.29, 0.717) is 35.2 Å². The Kier molecular flexibility index (Phi) is 5.38. The van der Waals surface area contributed by atoms with E-state index in [1.54, 1.807) is 24.8 Å². The maximum Gasteiger partial charge on any atom is 0.509 e. The molecule has 0 spiro atoms. The second-order valence-electron chi connectivity index (χ2n) is 8.33. The molecule has 4 atom stereocenters. The van der Waals surface area contributed by atoms with Crippen LogP contribution in [0.1, 0.15) is 24.9 Å². The molecule has 0 fully saturated rings. The highest BCUT2D eigenvalue weighted by Crippen LogP contribution is 2.32. The van der Waals surface area contributed by atoms with Crippen LogP contribution in [-0.4, -0.2) is 57.4 Å². The molecule has 4 heterocycles. The third-order valence-corrected chi connectivity index (χ3v) is 6.57. The van der Waals surface area contributed by atoms with Gasteiger partial charge in [-0.05, 0) is 12.2 Å². The number of allylic oxidation sites excluding steroid dienone is 2. The van der Waals surface area contributed by atoms with Crippen molar-refractivity contribution in [2.75, 3.05) is 11.5 Å². The number of carbonyl (C=O) groups excluding carboxylic acids is 1. The van der Waals surface area contributed by atoms with Crippen molar-refractivity contribution in [3.63, 3.8) is 0 Å². The summed E-state index contributed by atoms with van der Waals surface area (Å²) < 4.78 is 14.7. The number of nitrogens with zero attached hydrogens (tertiary/aromatic N) is 8. The quantitative estimate of drug-likeness (QED) is 0.226. The number of carbonyl (C=O) groups is 1. The van der Waals surface area contributed by atoms with E-state index in [1.165, 1.54) is 0 Å². The van der Waals surface area contributed by atoms with Crippen molar-refractivity contribution < 1.29 is 14.3 Å². The van der Waals surface area contributed by atoms with Gasteiger partial charge in [0.25, 0.3) is 0 Å². The third-order valence-electron chi connectivity index (χ3n) is 6.05. The Morgan fingerprint density at radius 1 is 0.778 bits per heavy atom. The molecule has 0 saturated heterocycles. The Labute approximate surface area is 212 Å². The number of fused-ring (bicyclic) bond motifs is 2. The number of aromatic nitrogens is 8. The van der Waals surface area contributed by atoms with Crippen LogP contribution < -0.4 is 11.5 Å². The first-order chi connectivity index (χ1) is 17.4. The van der Waals surface area contributed by atoms with E-state index in [0.717, 1.165) is 0 Å². The van der Waals surface area contributed by atoms with E-state index >= 15 is 0 Å². The van der Waals surface area contributed by atoms with Gasteiger partial charge in [0.15, 0.2) is 21.6 Å². The minimum absolute atomic E-state index is 0.0539. The minimum Gasteiger partial charge on any atom is -0.427 e. The van der Waals surface area contributed by atoms with Crippen molar-refractivity contribution in [3.05, 3.63) is 47.3 Å². The van der Waals surface area contributed by atoms with Gasteiger partial charge in [-0.2, -0.15) is 19.9 Å². The lowest BCUT2D eigenvalue weighted by atomic mass is 10.2. The molecule has 0 bridgehead atoms. The van der Waals surface area contributed by atoms with Crippen LogP contribution in [0, 0.1) is 0 Å². The number of nitrogen functional groups attached to an aromatic ring is 2. The molecule has 0 aromatic carbocycles. The first kappa shape index (κ1) is 22.5. The topological polar surface area (TPSA) is 175 Å². The Balaban J connectivity index is 1.07. The normalized spacial score (nSPS) is 23.2. The molecule has 4 aromatic heterocycles. The Morgan fingerprint density at radius 3 is 1.67 bits per heavy atom. The van der Waals surface area contributed by atoms with Crippen molar-refractivity contribution in [1.29, 1.82) is 0 Å². The fourth-order valence-corrected chi connectivity index (χ4v) is 4.88. The van der Waals surface area contributed by atoms with E-state index in [1.807, 2.05) is 21.3 Å². The number of anilines is 2. The van der Waals surface area contributed by atoms with Crippen LogP contribution in [0.3, 0.4) is 0 Å². The molecule has 4 aromatic rings. The average molecular weight is 529 g/mol. The number of hydrogen-bond donors (Lipinski definition) is 2. The second-order valence-corrected chi connectivity index (χ2v) is 9.05. The lowest BCUT2D eigenvalue weighted by molar-refractivity contribution is 0.0185. The van der Waals surface area contributed by atoms with E-state index in [-0.39, 0.29) is 34.3 Å². The Morgan fingerprint density at radius 2 is 1.22 bits per heavy atom. The summed E-state index contributed by atoms with van der Waals surface area (Å²) in [6, 6.07) is -0.297. The minimum atomic E-state index is -0.768. The molecule has 0 saturated carbocycles. The number of rotatable bonds is 4. The summed E-state index contributed by atoms with van der Waals surface area (Å²) in [6.07, 6.45) is 9.85. The fourth-order valence-electron chi connectivity index (χ4n) is 4.44. The molecule has 36 heavy (non-hydrogen) atoms. The first-order valence-corrected chi connectivity index (χ1v) is 11.7. The van der Waals surface area contributed by atoms with Gasteiger partial charge >= 0.3 is 6.16 Å². The summed E-state index contributed by atoms with van der Waals surface area (Å²) in [4.78, 5) is 37.3. The van der Waals surface area contributed by atoms with Gasteiger partial charge in [0, 0.05) is 12.8 Å². The number of ether oxygens (including phenoxy) is 2. The van der Waals surface area contributed by atoms with Crippen LogP contribution in [0.2, 0.25) is 10.3 Å². The summed E-state index contributed by atoms with van der Waals surface area (Å²) >= 11 is 12.2. The Bertz CT molecular complexity index is 1450. The largest absolute Gasteiger partial charge is 0.509 e. The zero-order chi connectivity index (χ0) is 25.0. The van der Waals surface area contributed by atoms with Gasteiger partial charge in [-0.25, -0.2) is 14.8 Å². The lowest BCUT2D eigenvalue weighted by Gasteiger charge is -2.17. The van der Waals surface area contributed by atoms with Gasteiger partial charge in [-0.1, -0.05) is 35.4 Å². The molecule has 4 unspecified atom stereocenters. The summed E-state index contributed by atoms with van der Waals surface area (Å²) in [7, 11) is 0. The standard InChI is InChI=1S/C21H18Cl2N10O3/c22-15-13-17(30-19(24)28-15)32(7-26-13)9-1-3-11(5-9)35-21(34)36-12-4-2-10(6-12)33-8-27-14-16(23)29-20(25)31-18(14)33/h1-4,7-12H,5-6H2,(H2,24,28,30)(H2,25,29,31). The molecule has 6 rings (SSSR count). The smallest absolute Gasteiger partial charge is 0.427 e. The number of hydrogen-bond acceptors (Lipinski definition) is 11. The predicted octanol–water partition coefficient (Wildman–Crippen LogP) is 3.03. The number of halogens is 2. The van der Waals surface area contributed by atoms with E-state index in [9.17, 15) is 4.79 Å². The van der Waals surface area contributed by atoms with Crippen molar-refractivity contribution in [2.45, 2.75) is 37.1 Å². The van der Waals surface area contributed by atoms with E-state index in [4.69, 9.17) is 44.1 Å². The molecule has 0 amide bonds. The van der Waals surface area contributed by atoms with Crippen molar-refractivity contribution in [1.82, 2.24) is 39.0 Å². The van der Waals surface area contributed by atoms with Crippen molar-refractivity contribution in [3.8, 4) is 0 Å². The van der Waals surface area contributed by atoms with Gasteiger partial charge in [-0.3, -0.25) is 0 Å². The fraction of sp³-hybridized carbons (Fsp3) is 0.286. The number of imidazole rings is 2. The third kappa shape index (κ3) is 3.95. The SMILES string of the molecule is Nc1nc(Cl)c2ncn(C3C=CC(OC(=O)OC4C=CC(n5cnc6c(Cl)nc(N)nc65)C4)C3)c2n1. The van der Waals surface area contributed by atoms with Gasteiger partial charge in [0.2, 0.25) is 11.9 Å². The lowest BCUT2D eigenvalue weighted by Crippen LogP contribution is -2.22. The zero-order valence-electron chi connectivity index (χ0n) is 18.4. The summed E-state index contributed by atoms with van der Waals surface area (Å²) in [5.41, 5.74) is 13.4. The molecule has 2 aliphatic carbocycles. The Hall–Kier alpha value is -3.97. The summed E-state index contributed by atoms with van der Waals surface area (Å²) in [5.74, 6) is 0.108. The monoisotopic (exact) mass is 528 g/mol. The molecule has 13 nitrogen and oxygen atoms in total. The molecule has 4 N–H and O–H groups in total. The number of nitrogens with two attached hydrogens (primary N) is 2. The predicted molar refractivity (Wildman–Crippen MR) is 130 cm³/mol. The molecular weight excluding hydrogens is 511 g/mol. The first-order valence-electron chi connectivity index (χ1n) is 10.9. The van der Waals surface area contributed by atoms with Crippen molar-refractivity contribution >= 4 is 63.6 Å². The summed E-state index contributed by atoms with van der Waals surface area (Å²) in [6.45, 7) is 0. The van der Waals surface area contributed by atoms with Gasteiger partial charge in [-0.15, -0.1) is 0 Å². The summed E-state index contributed by atoms with van der Waals surface area (Å²) in [5, 5.41) is 0.362. The molecule has 15 heteroatoms. The second kappa shape index (κ2) is 8.60. The van der Waals surface area contributed by atoms with E-state index < -0.39 is 18.4 Å². The highest BCUT2D eigenvalue weighted by Gasteiger charge is 2.29. The maximum absolute atomic E-state index is 12.5. The molecule has 0 aliphatic heterocycles. The maximum atomic E-state index is 12.5. The van der Waals surface area contributed by atoms with Crippen LogP contribution in [-0.2, 0) is 9.47 Å². The van der Waals surface area contributed by atoms with Gasteiger partial charge in [0.1, 0.15) is 23.2 Å². The van der Waals surface area contributed by atoms with Crippen LogP contribution in [0.5, 0.6) is 0 Å². The molecule has 0 radical (unpaired) electrons. The molecule has 184 valence electrons. The van der Waals surface area contributed by atoms with E-state index in [2.05, 4.69) is 29.9 Å².